The lowest BCUT2D eigenvalue weighted by Crippen LogP contribution is -2.35. The highest BCUT2D eigenvalue weighted by Gasteiger charge is 2.37. The highest BCUT2D eigenvalue weighted by Crippen LogP contribution is 2.44. The van der Waals surface area contributed by atoms with E-state index in [1.807, 2.05) is 35.6 Å². The van der Waals surface area contributed by atoms with Crippen LogP contribution in [0.2, 0.25) is 0 Å². The molecule has 4 aromatic heterocycles. The summed E-state index contributed by atoms with van der Waals surface area (Å²) in [4.78, 5) is 27.5. The molecule has 1 aliphatic carbocycles. The van der Waals surface area contributed by atoms with Gasteiger partial charge in [0.1, 0.15) is 5.65 Å². The van der Waals surface area contributed by atoms with Crippen LogP contribution in [-0.2, 0) is 0 Å². The van der Waals surface area contributed by atoms with Crippen molar-refractivity contribution in [3.05, 3.63) is 42.5 Å². The van der Waals surface area contributed by atoms with Crippen molar-refractivity contribution in [3.63, 3.8) is 0 Å². The molecule has 0 unspecified atom stereocenters. The van der Waals surface area contributed by atoms with Gasteiger partial charge in [0.25, 0.3) is 5.91 Å². The molecule has 2 fully saturated rings. The summed E-state index contributed by atoms with van der Waals surface area (Å²) in [6, 6.07) is 4.05. The summed E-state index contributed by atoms with van der Waals surface area (Å²) in [6.07, 6.45) is 13.3. The van der Waals surface area contributed by atoms with E-state index in [4.69, 9.17) is 0 Å². The third-order valence-electron chi connectivity index (χ3n) is 6.92. The van der Waals surface area contributed by atoms with Crippen molar-refractivity contribution < 1.29 is 4.79 Å². The Morgan fingerprint density at radius 3 is 2.88 bits per heavy atom. The van der Waals surface area contributed by atoms with E-state index >= 15 is 0 Å². The van der Waals surface area contributed by atoms with E-state index in [1.54, 1.807) is 10.7 Å². The van der Waals surface area contributed by atoms with Crippen molar-refractivity contribution in [2.24, 2.45) is 5.41 Å². The molecule has 1 saturated heterocycles. The zero-order chi connectivity index (χ0) is 21.7. The number of rotatable bonds is 5. The van der Waals surface area contributed by atoms with Crippen molar-refractivity contribution in [1.29, 1.82) is 0 Å². The molecule has 0 aromatic carbocycles. The summed E-state index contributed by atoms with van der Waals surface area (Å²) in [5.41, 5.74) is 4.70. The van der Waals surface area contributed by atoms with Crippen molar-refractivity contribution in [2.45, 2.75) is 39.0 Å². The number of carbonyl (C=O) groups excluding carboxylic acids is 1. The predicted molar refractivity (Wildman–Crippen MR) is 124 cm³/mol. The summed E-state index contributed by atoms with van der Waals surface area (Å²) in [5.74, 6) is 0.721. The molecule has 1 saturated carbocycles. The number of piperidine rings is 1. The summed E-state index contributed by atoms with van der Waals surface area (Å²) < 4.78 is 1.77. The number of hydrogen-bond acceptors (Lipinski definition) is 5. The molecule has 32 heavy (non-hydrogen) atoms. The maximum absolute atomic E-state index is 13.1. The Bertz CT molecular complexity index is 1310. The number of nitrogens with one attached hydrogen (secondary N) is 2. The van der Waals surface area contributed by atoms with Crippen LogP contribution in [0.3, 0.4) is 0 Å². The third-order valence-corrected chi connectivity index (χ3v) is 6.92. The largest absolute Gasteiger partial charge is 0.354 e. The Balaban J connectivity index is 1.32. The van der Waals surface area contributed by atoms with Gasteiger partial charge in [0.05, 0.1) is 17.3 Å². The van der Waals surface area contributed by atoms with Crippen LogP contribution in [0, 0.1) is 5.41 Å². The van der Waals surface area contributed by atoms with Gasteiger partial charge < -0.3 is 15.2 Å². The number of H-pyrrole nitrogens is 1. The first-order valence-electron chi connectivity index (χ1n) is 11.4. The lowest BCUT2D eigenvalue weighted by Gasteiger charge is -2.26. The number of aromatic amines is 1. The van der Waals surface area contributed by atoms with Gasteiger partial charge in [0.15, 0.2) is 0 Å². The van der Waals surface area contributed by atoms with Crippen molar-refractivity contribution >= 4 is 28.4 Å². The van der Waals surface area contributed by atoms with Crippen LogP contribution >= 0.6 is 0 Å². The standard InChI is InChI=1S/C24H27N7O/c1-24(6-7-24)15-27-23-26-13-18-17(12-25-21(18)29-23)16-5-10-31-20(11-16)19(14-28-31)22(32)30-8-3-2-4-9-30/h5,10-14H,2-4,6-9,15H2,1H3,(H2,25,26,27,29). The summed E-state index contributed by atoms with van der Waals surface area (Å²) in [6.45, 7) is 4.83. The van der Waals surface area contributed by atoms with Gasteiger partial charge in [-0.25, -0.2) is 9.50 Å². The molecule has 8 nitrogen and oxygen atoms in total. The summed E-state index contributed by atoms with van der Waals surface area (Å²) in [7, 11) is 0. The minimum Gasteiger partial charge on any atom is -0.354 e. The molecule has 8 heteroatoms. The van der Waals surface area contributed by atoms with E-state index in [1.165, 1.54) is 19.3 Å². The van der Waals surface area contributed by atoms with Crippen LogP contribution < -0.4 is 5.32 Å². The van der Waals surface area contributed by atoms with Crippen LogP contribution in [0.4, 0.5) is 5.95 Å². The molecular formula is C24H27N7O. The average Bonchev–Trinajstić information content (AvgIpc) is 3.23. The number of pyridine rings is 1. The van der Waals surface area contributed by atoms with Crippen LogP contribution in [0.5, 0.6) is 0 Å². The fourth-order valence-electron chi connectivity index (χ4n) is 4.49. The molecule has 2 N–H and O–H groups in total. The monoisotopic (exact) mass is 429 g/mol. The number of amides is 1. The normalized spacial score (nSPS) is 17.7. The molecule has 164 valence electrons. The first-order chi connectivity index (χ1) is 15.6. The van der Waals surface area contributed by atoms with Gasteiger partial charge in [-0.15, -0.1) is 0 Å². The van der Waals surface area contributed by atoms with Gasteiger partial charge in [0.2, 0.25) is 5.95 Å². The highest BCUT2D eigenvalue weighted by molar-refractivity contribution is 6.02. The van der Waals surface area contributed by atoms with E-state index in [2.05, 4.69) is 32.3 Å². The molecule has 0 atom stereocenters. The minimum atomic E-state index is 0.0687. The van der Waals surface area contributed by atoms with Crippen LogP contribution in [0.1, 0.15) is 49.4 Å². The third kappa shape index (κ3) is 3.39. The van der Waals surface area contributed by atoms with Crippen molar-refractivity contribution in [2.75, 3.05) is 25.0 Å². The lowest BCUT2D eigenvalue weighted by atomic mass is 10.1. The van der Waals surface area contributed by atoms with E-state index < -0.39 is 0 Å². The second-order valence-corrected chi connectivity index (χ2v) is 9.48. The Labute approximate surface area is 186 Å². The van der Waals surface area contributed by atoms with Gasteiger partial charge in [-0.05, 0) is 55.2 Å². The van der Waals surface area contributed by atoms with E-state index in [9.17, 15) is 4.79 Å². The maximum Gasteiger partial charge on any atom is 0.257 e. The maximum atomic E-state index is 13.1. The zero-order valence-corrected chi connectivity index (χ0v) is 18.3. The van der Waals surface area contributed by atoms with Crippen molar-refractivity contribution in [3.8, 4) is 11.1 Å². The van der Waals surface area contributed by atoms with E-state index in [0.29, 0.717) is 16.9 Å². The highest BCUT2D eigenvalue weighted by atomic mass is 16.2. The van der Waals surface area contributed by atoms with Crippen molar-refractivity contribution in [1.82, 2.24) is 29.5 Å². The molecule has 2 aliphatic rings. The Morgan fingerprint density at radius 1 is 1.22 bits per heavy atom. The molecule has 0 bridgehead atoms. The molecule has 0 spiro atoms. The Kier molecular flexibility index (Phi) is 4.41. The molecular weight excluding hydrogens is 402 g/mol. The number of carbonyl (C=O) groups is 1. The minimum absolute atomic E-state index is 0.0687. The summed E-state index contributed by atoms with van der Waals surface area (Å²) >= 11 is 0. The van der Waals surface area contributed by atoms with E-state index in [0.717, 1.165) is 60.2 Å². The Hall–Kier alpha value is -3.42. The second-order valence-electron chi connectivity index (χ2n) is 9.48. The van der Waals surface area contributed by atoms with Gasteiger partial charge in [-0.2, -0.15) is 10.1 Å². The molecule has 0 radical (unpaired) electrons. The Morgan fingerprint density at radius 2 is 2.06 bits per heavy atom. The number of hydrogen-bond donors (Lipinski definition) is 2. The van der Waals surface area contributed by atoms with Gasteiger partial charge in [0, 0.05) is 49.2 Å². The van der Waals surface area contributed by atoms with E-state index in [-0.39, 0.29) is 5.91 Å². The molecule has 1 amide bonds. The number of fused-ring (bicyclic) bond motifs is 2. The van der Waals surface area contributed by atoms with Crippen LogP contribution in [0.25, 0.3) is 27.7 Å². The zero-order valence-electron chi connectivity index (χ0n) is 18.3. The predicted octanol–water partition coefficient (Wildman–Crippen LogP) is 4.11. The molecule has 6 rings (SSSR count). The molecule has 4 aromatic rings. The molecule has 1 aliphatic heterocycles. The van der Waals surface area contributed by atoms with Gasteiger partial charge in [-0.1, -0.05) is 6.92 Å². The van der Waals surface area contributed by atoms with Crippen LogP contribution in [0.15, 0.2) is 36.9 Å². The second kappa shape index (κ2) is 7.32. The number of nitrogens with zero attached hydrogens (tertiary/aromatic N) is 5. The summed E-state index contributed by atoms with van der Waals surface area (Å²) in [5, 5.41) is 8.73. The fourth-order valence-corrected chi connectivity index (χ4v) is 4.49. The lowest BCUT2D eigenvalue weighted by molar-refractivity contribution is 0.0726. The van der Waals surface area contributed by atoms with Gasteiger partial charge >= 0.3 is 0 Å². The average molecular weight is 430 g/mol. The SMILES string of the molecule is CC1(CNc2ncc3c(-c4ccn5ncc(C(=O)N6CCCCC6)c5c4)c[nH]c3n2)CC1. The number of aromatic nitrogens is 5. The quantitative estimate of drug-likeness (QED) is 0.498. The fraction of sp³-hybridized carbons (Fsp3) is 0.417. The van der Waals surface area contributed by atoms with Gasteiger partial charge in [-0.3, -0.25) is 4.79 Å². The topological polar surface area (TPSA) is 91.2 Å². The number of anilines is 1. The molecule has 5 heterocycles. The first kappa shape index (κ1) is 19.3. The first-order valence-corrected chi connectivity index (χ1v) is 11.4. The smallest absolute Gasteiger partial charge is 0.257 e. The number of likely N-dealkylation sites (tertiary alicyclic amines) is 1. The van der Waals surface area contributed by atoms with Crippen LogP contribution in [-0.4, -0.2) is 55.0 Å².